The van der Waals surface area contributed by atoms with Crippen molar-refractivity contribution in [3.05, 3.63) is 41.7 Å². The molecule has 0 spiro atoms. The van der Waals surface area contributed by atoms with E-state index in [-0.39, 0.29) is 0 Å². The van der Waals surface area contributed by atoms with Gasteiger partial charge in [0, 0.05) is 12.1 Å². The highest BCUT2D eigenvalue weighted by atomic mass is 16.5. The van der Waals surface area contributed by atoms with Crippen LogP contribution in [0.25, 0.3) is 5.69 Å². The Morgan fingerprint density at radius 3 is 2.82 bits per heavy atom. The van der Waals surface area contributed by atoms with E-state index in [1.165, 1.54) is 0 Å². The van der Waals surface area contributed by atoms with Crippen LogP contribution in [0.5, 0.6) is 5.75 Å². The summed E-state index contributed by atoms with van der Waals surface area (Å²) in [4.78, 5) is 0. The molecule has 0 aliphatic carbocycles. The highest BCUT2D eigenvalue weighted by Crippen LogP contribution is 2.23. The van der Waals surface area contributed by atoms with Crippen LogP contribution >= 0.6 is 0 Å². The Kier molecular flexibility index (Phi) is 3.44. The third-order valence-electron chi connectivity index (χ3n) is 2.65. The van der Waals surface area contributed by atoms with E-state index >= 15 is 0 Å². The summed E-state index contributed by atoms with van der Waals surface area (Å²) in [5.41, 5.74) is 8.59. The SMILES string of the molecule is COc1ccccc1-n1nc(CCN)cc1C. The Labute approximate surface area is 101 Å². The Morgan fingerprint density at radius 1 is 1.35 bits per heavy atom. The molecule has 1 aromatic heterocycles. The molecule has 0 atom stereocenters. The van der Waals surface area contributed by atoms with Gasteiger partial charge in [0.1, 0.15) is 11.4 Å². The Morgan fingerprint density at radius 2 is 2.12 bits per heavy atom. The average molecular weight is 231 g/mol. The maximum Gasteiger partial charge on any atom is 0.144 e. The fraction of sp³-hybridized carbons (Fsp3) is 0.308. The molecule has 1 heterocycles. The van der Waals surface area contributed by atoms with Crippen LogP contribution in [0.4, 0.5) is 0 Å². The van der Waals surface area contributed by atoms with E-state index in [1.54, 1.807) is 7.11 Å². The lowest BCUT2D eigenvalue weighted by Gasteiger charge is -2.09. The Balaban J connectivity index is 2.45. The number of ether oxygens (including phenoxy) is 1. The summed E-state index contributed by atoms with van der Waals surface area (Å²) in [5, 5.41) is 4.54. The van der Waals surface area contributed by atoms with Crippen molar-refractivity contribution in [2.24, 2.45) is 5.73 Å². The third-order valence-corrected chi connectivity index (χ3v) is 2.65. The minimum Gasteiger partial charge on any atom is -0.494 e. The minimum absolute atomic E-state index is 0.613. The number of nitrogens with two attached hydrogens (primary N) is 1. The van der Waals surface area contributed by atoms with E-state index in [0.717, 1.165) is 29.2 Å². The van der Waals surface area contributed by atoms with Crippen LogP contribution in [0, 0.1) is 6.92 Å². The molecule has 2 aromatic rings. The fourth-order valence-electron chi connectivity index (χ4n) is 1.86. The van der Waals surface area contributed by atoms with Gasteiger partial charge in [-0.05, 0) is 31.7 Å². The number of nitrogens with zero attached hydrogens (tertiary/aromatic N) is 2. The molecule has 1 aromatic carbocycles. The monoisotopic (exact) mass is 231 g/mol. The number of rotatable bonds is 4. The van der Waals surface area contributed by atoms with E-state index < -0.39 is 0 Å². The quantitative estimate of drug-likeness (QED) is 0.871. The van der Waals surface area contributed by atoms with Gasteiger partial charge in [-0.2, -0.15) is 5.10 Å². The topological polar surface area (TPSA) is 53.1 Å². The smallest absolute Gasteiger partial charge is 0.144 e. The molecule has 2 N–H and O–H groups in total. The van der Waals surface area contributed by atoms with Crippen LogP contribution < -0.4 is 10.5 Å². The number of hydrogen-bond donors (Lipinski definition) is 1. The number of aromatic nitrogens is 2. The van der Waals surface area contributed by atoms with Gasteiger partial charge in [0.05, 0.1) is 12.8 Å². The van der Waals surface area contributed by atoms with Crippen LogP contribution in [0.3, 0.4) is 0 Å². The van der Waals surface area contributed by atoms with Gasteiger partial charge in [-0.15, -0.1) is 0 Å². The van der Waals surface area contributed by atoms with E-state index in [9.17, 15) is 0 Å². The van der Waals surface area contributed by atoms with Crippen molar-refractivity contribution in [1.82, 2.24) is 9.78 Å². The van der Waals surface area contributed by atoms with E-state index in [0.29, 0.717) is 6.54 Å². The lowest BCUT2D eigenvalue weighted by molar-refractivity contribution is 0.411. The standard InChI is InChI=1S/C13H17N3O/c1-10-9-11(7-8-14)15-16(10)12-5-3-4-6-13(12)17-2/h3-6,9H,7-8,14H2,1-2H3. The molecular formula is C13H17N3O. The van der Waals surface area contributed by atoms with Gasteiger partial charge < -0.3 is 10.5 Å². The summed E-state index contributed by atoms with van der Waals surface area (Å²) in [5.74, 6) is 0.818. The van der Waals surface area contributed by atoms with Crippen molar-refractivity contribution in [1.29, 1.82) is 0 Å². The molecule has 0 aliphatic heterocycles. The van der Waals surface area contributed by atoms with Crippen molar-refractivity contribution in [3.8, 4) is 11.4 Å². The normalized spacial score (nSPS) is 10.5. The molecule has 0 saturated carbocycles. The predicted octanol–water partition coefficient (Wildman–Crippen LogP) is 1.69. The first kappa shape index (κ1) is 11.7. The number of para-hydroxylation sites is 2. The van der Waals surface area contributed by atoms with Gasteiger partial charge in [-0.1, -0.05) is 12.1 Å². The van der Waals surface area contributed by atoms with Gasteiger partial charge >= 0.3 is 0 Å². The first-order valence-electron chi connectivity index (χ1n) is 5.65. The van der Waals surface area contributed by atoms with Gasteiger partial charge in [-0.25, -0.2) is 4.68 Å². The molecule has 4 heteroatoms. The Hall–Kier alpha value is -1.81. The fourth-order valence-corrected chi connectivity index (χ4v) is 1.86. The molecule has 0 radical (unpaired) electrons. The number of hydrogen-bond acceptors (Lipinski definition) is 3. The highest BCUT2D eigenvalue weighted by molar-refractivity contribution is 5.47. The average Bonchev–Trinajstić information content (AvgIpc) is 2.70. The summed E-state index contributed by atoms with van der Waals surface area (Å²) in [6.07, 6.45) is 0.795. The van der Waals surface area contributed by atoms with Gasteiger partial charge in [0.2, 0.25) is 0 Å². The first-order valence-corrected chi connectivity index (χ1v) is 5.65. The second-order valence-corrected chi connectivity index (χ2v) is 3.90. The van der Waals surface area contributed by atoms with Crippen LogP contribution in [0.15, 0.2) is 30.3 Å². The van der Waals surface area contributed by atoms with Crippen molar-refractivity contribution >= 4 is 0 Å². The molecule has 90 valence electrons. The lowest BCUT2D eigenvalue weighted by atomic mass is 10.3. The van der Waals surface area contributed by atoms with Gasteiger partial charge in [0.15, 0.2) is 0 Å². The lowest BCUT2D eigenvalue weighted by Crippen LogP contribution is -2.05. The highest BCUT2D eigenvalue weighted by Gasteiger charge is 2.09. The van der Waals surface area contributed by atoms with E-state index in [1.807, 2.05) is 35.9 Å². The maximum absolute atomic E-state index is 5.54. The predicted molar refractivity (Wildman–Crippen MR) is 67.6 cm³/mol. The molecule has 17 heavy (non-hydrogen) atoms. The molecule has 2 rings (SSSR count). The largest absolute Gasteiger partial charge is 0.494 e. The maximum atomic E-state index is 5.54. The zero-order valence-electron chi connectivity index (χ0n) is 10.2. The number of methoxy groups -OCH3 is 1. The second-order valence-electron chi connectivity index (χ2n) is 3.90. The molecule has 0 unspecified atom stereocenters. The van der Waals surface area contributed by atoms with Crippen molar-refractivity contribution < 1.29 is 4.74 Å². The van der Waals surface area contributed by atoms with Crippen molar-refractivity contribution in [3.63, 3.8) is 0 Å². The van der Waals surface area contributed by atoms with Crippen molar-refractivity contribution in [2.45, 2.75) is 13.3 Å². The minimum atomic E-state index is 0.613. The second kappa shape index (κ2) is 5.01. The van der Waals surface area contributed by atoms with E-state index in [4.69, 9.17) is 10.5 Å². The molecule has 4 nitrogen and oxygen atoms in total. The van der Waals surface area contributed by atoms with Crippen LogP contribution in [-0.2, 0) is 6.42 Å². The summed E-state index contributed by atoms with van der Waals surface area (Å²) in [6.45, 7) is 2.64. The first-order chi connectivity index (χ1) is 8.26. The molecule has 0 amide bonds. The summed E-state index contributed by atoms with van der Waals surface area (Å²) < 4.78 is 7.23. The molecule has 0 saturated heterocycles. The van der Waals surface area contributed by atoms with Crippen LogP contribution in [0.2, 0.25) is 0 Å². The van der Waals surface area contributed by atoms with Gasteiger partial charge in [0.25, 0.3) is 0 Å². The molecule has 0 aliphatic rings. The Bertz CT molecular complexity index is 505. The molecule has 0 fully saturated rings. The summed E-state index contributed by atoms with van der Waals surface area (Å²) in [6, 6.07) is 9.90. The van der Waals surface area contributed by atoms with Crippen molar-refractivity contribution in [2.75, 3.05) is 13.7 Å². The van der Waals surface area contributed by atoms with E-state index in [2.05, 4.69) is 11.2 Å². The van der Waals surface area contributed by atoms with Crippen LogP contribution in [-0.4, -0.2) is 23.4 Å². The summed E-state index contributed by atoms with van der Waals surface area (Å²) in [7, 11) is 1.67. The third kappa shape index (κ3) is 2.31. The van der Waals surface area contributed by atoms with Gasteiger partial charge in [-0.3, -0.25) is 0 Å². The number of benzene rings is 1. The summed E-state index contributed by atoms with van der Waals surface area (Å²) >= 11 is 0. The zero-order valence-corrected chi connectivity index (χ0v) is 10.2. The zero-order chi connectivity index (χ0) is 12.3. The van der Waals surface area contributed by atoms with Crippen LogP contribution in [0.1, 0.15) is 11.4 Å². The number of aryl methyl sites for hydroxylation is 1. The molecular weight excluding hydrogens is 214 g/mol. The molecule has 0 bridgehead atoms.